The van der Waals surface area contributed by atoms with Gasteiger partial charge in [0.2, 0.25) is 5.91 Å². The smallest absolute Gasteiger partial charge is 0.227 e. The van der Waals surface area contributed by atoms with Crippen molar-refractivity contribution < 1.29 is 4.79 Å². The maximum Gasteiger partial charge on any atom is 0.227 e. The molecule has 0 aromatic heterocycles. The number of benzene rings is 1. The van der Waals surface area contributed by atoms with Crippen molar-refractivity contribution in [2.45, 2.75) is 13.3 Å². The van der Waals surface area contributed by atoms with Crippen molar-refractivity contribution >= 4 is 34.2 Å². The average molecular weight is 330 g/mol. The van der Waals surface area contributed by atoms with Gasteiger partial charge >= 0.3 is 0 Å². The van der Waals surface area contributed by atoms with Crippen LogP contribution in [-0.4, -0.2) is 19.0 Å². The van der Waals surface area contributed by atoms with E-state index >= 15 is 0 Å². The van der Waals surface area contributed by atoms with Crippen molar-refractivity contribution in [2.24, 2.45) is 11.7 Å². The minimum absolute atomic E-state index is 0.190. The van der Waals surface area contributed by atoms with E-state index < -0.39 is 0 Å². The molecular formula is C12H15IN2O. The fourth-order valence-corrected chi connectivity index (χ4v) is 2.44. The summed E-state index contributed by atoms with van der Waals surface area (Å²) in [5.41, 5.74) is 7.85. The number of nitrogens with zero attached hydrogens (tertiary/aromatic N) is 1. The van der Waals surface area contributed by atoms with Crippen LogP contribution in [0.15, 0.2) is 18.2 Å². The lowest BCUT2D eigenvalue weighted by molar-refractivity contribution is -0.117. The average Bonchev–Trinajstić information content (AvgIpc) is 2.64. The van der Waals surface area contributed by atoms with Gasteiger partial charge in [-0.05, 0) is 59.7 Å². The van der Waals surface area contributed by atoms with Gasteiger partial charge in [0.25, 0.3) is 0 Å². The Labute approximate surface area is 109 Å². The maximum atomic E-state index is 11.8. The molecule has 0 aliphatic carbocycles. The van der Waals surface area contributed by atoms with Gasteiger partial charge in [-0.1, -0.05) is 6.07 Å². The van der Waals surface area contributed by atoms with E-state index in [1.807, 2.05) is 11.0 Å². The number of carbonyl (C=O) groups is 1. The third-order valence-electron chi connectivity index (χ3n) is 3.01. The van der Waals surface area contributed by atoms with E-state index in [9.17, 15) is 4.79 Å². The van der Waals surface area contributed by atoms with E-state index in [2.05, 4.69) is 41.6 Å². The molecule has 1 unspecified atom stereocenters. The Morgan fingerprint density at radius 1 is 1.56 bits per heavy atom. The van der Waals surface area contributed by atoms with Crippen LogP contribution in [0.4, 0.5) is 5.69 Å². The molecule has 1 amide bonds. The first-order valence-corrected chi connectivity index (χ1v) is 6.46. The molecule has 1 aliphatic heterocycles. The number of aryl methyl sites for hydroxylation is 1. The summed E-state index contributed by atoms with van der Waals surface area (Å²) in [4.78, 5) is 13.7. The fraction of sp³-hybridized carbons (Fsp3) is 0.417. The second-order valence-corrected chi connectivity index (χ2v) is 5.41. The molecule has 16 heavy (non-hydrogen) atoms. The van der Waals surface area contributed by atoms with Crippen LogP contribution in [-0.2, 0) is 4.79 Å². The van der Waals surface area contributed by atoms with Crippen molar-refractivity contribution in [3.05, 3.63) is 27.3 Å². The molecule has 0 bridgehead atoms. The van der Waals surface area contributed by atoms with Crippen LogP contribution in [0.2, 0.25) is 0 Å². The highest BCUT2D eigenvalue weighted by molar-refractivity contribution is 14.1. The second-order valence-electron chi connectivity index (χ2n) is 4.24. The van der Waals surface area contributed by atoms with E-state index in [-0.39, 0.29) is 5.91 Å². The molecule has 86 valence electrons. The highest BCUT2D eigenvalue weighted by atomic mass is 127. The number of anilines is 1. The van der Waals surface area contributed by atoms with Gasteiger partial charge in [0, 0.05) is 22.2 Å². The maximum absolute atomic E-state index is 11.8. The van der Waals surface area contributed by atoms with Gasteiger partial charge in [0.15, 0.2) is 0 Å². The molecule has 0 saturated carbocycles. The number of amides is 1. The van der Waals surface area contributed by atoms with E-state index in [1.54, 1.807) is 0 Å². The Bertz CT molecular complexity index is 419. The van der Waals surface area contributed by atoms with Crippen LogP contribution < -0.4 is 10.6 Å². The van der Waals surface area contributed by atoms with Crippen molar-refractivity contribution in [1.82, 2.24) is 0 Å². The Morgan fingerprint density at radius 3 is 2.88 bits per heavy atom. The molecule has 4 heteroatoms. The fourth-order valence-electron chi connectivity index (χ4n) is 1.94. The molecule has 3 nitrogen and oxygen atoms in total. The van der Waals surface area contributed by atoms with E-state index in [0.29, 0.717) is 18.9 Å². The molecule has 1 fully saturated rings. The molecule has 1 heterocycles. The van der Waals surface area contributed by atoms with Crippen LogP contribution in [0.5, 0.6) is 0 Å². The summed E-state index contributed by atoms with van der Waals surface area (Å²) in [6.07, 6.45) is 0.584. The molecule has 1 aliphatic rings. The van der Waals surface area contributed by atoms with Gasteiger partial charge in [-0.25, -0.2) is 0 Å². The zero-order chi connectivity index (χ0) is 11.7. The molecule has 1 aromatic rings. The Kier molecular flexibility index (Phi) is 3.49. The third-order valence-corrected chi connectivity index (χ3v) is 4.17. The van der Waals surface area contributed by atoms with Gasteiger partial charge in [0.05, 0.1) is 0 Å². The van der Waals surface area contributed by atoms with Crippen LogP contribution in [0.25, 0.3) is 0 Å². The predicted molar refractivity (Wildman–Crippen MR) is 73.4 cm³/mol. The predicted octanol–water partition coefficient (Wildman–Crippen LogP) is 1.91. The molecule has 0 radical (unpaired) electrons. The molecule has 1 atom stereocenters. The first kappa shape index (κ1) is 11.9. The first-order chi connectivity index (χ1) is 7.61. The number of hydrogen-bond acceptors (Lipinski definition) is 2. The van der Waals surface area contributed by atoms with Crippen molar-refractivity contribution in [2.75, 3.05) is 18.0 Å². The minimum Gasteiger partial charge on any atom is -0.330 e. The summed E-state index contributed by atoms with van der Waals surface area (Å²) in [6, 6.07) is 6.13. The summed E-state index contributed by atoms with van der Waals surface area (Å²) in [5.74, 6) is 0.501. The van der Waals surface area contributed by atoms with Crippen molar-refractivity contribution in [1.29, 1.82) is 0 Å². The summed E-state index contributed by atoms with van der Waals surface area (Å²) >= 11 is 2.30. The number of hydrogen-bond donors (Lipinski definition) is 1. The van der Waals surface area contributed by atoms with E-state index in [1.165, 1.54) is 9.13 Å². The standard InChI is InChI=1S/C12H15IN2O/c1-8-2-3-10(5-11(8)13)15-7-9(6-14)4-12(15)16/h2-3,5,9H,4,6-7,14H2,1H3. The summed E-state index contributed by atoms with van der Waals surface area (Å²) < 4.78 is 1.19. The SMILES string of the molecule is Cc1ccc(N2CC(CN)CC2=O)cc1I. The lowest BCUT2D eigenvalue weighted by atomic mass is 10.1. The topological polar surface area (TPSA) is 46.3 Å². The Morgan fingerprint density at radius 2 is 2.31 bits per heavy atom. The van der Waals surface area contributed by atoms with Gasteiger partial charge < -0.3 is 10.6 Å². The number of rotatable bonds is 2. The number of halogens is 1. The van der Waals surface area contributed by atoms with Crippen LogP contribution in [0, 0.1) is 16.4 Å². The van der Waals surface area contributed by atoms with Crippen LogP contribution in [0.3, 0.4) is 0 Å². The van der Waals surface area contributed by atoms with Gasteiger partial charge in [-0.3, -0.25) is 4.79 Å². The molecule has 2 N–H and O–H groups in total. The molecule has 1 aromatic carbocycles. The Hall–Kier alpha value is -0.620. The highest BCUT2D eigenvalue weighted by Crippen LogP contribution is 2.26. The van der Waals surface area contributed by atoms with E-state index in [0.717, 1.165) is 12.2 Å². The van der Waals surface area contributed by atoms with Crippen molar-refractivity contribution in [3.8, 4) is 0 Å². The highest BCUT2D eigenvalue weighted by Gasteiger charge is 2.29. The van der Waals surface area contributed by atoms with Gasteiger partial charge in [-0.15, -0.1) is 0 Å². The second kappa shape index (κ2) is 4.71. The summed E-state index contributed by atoms with van der Waals surface area (Å²) in [5, 5.41) is 0. The quantitative estimate of drug-likeness (QED) is 0.842. The molecule has 1 saturated heterocycles. The first-order valence-electron chi connectivity index (χ1n) is 5.38. The monoisotopic (exact) mass is 330 g/mol. The lowest BCUT2D eigenvalue weighted by Gasteiger charge is -2.17. The molecular weight excluding hydrogens is 315 g/mol. The van der Waals surface area contributed by atoms with Gasteiger partial charge in [0.1, 0.15) is 0 Å². The Balaban J connectivity index is 2.24. The van der Waals surface area contributed by atoms with Gasteiger partial charge in [-0.2, -0.15) is 0 Å². The summed E-state index contributed by atoms with van der Waals surface area (Å²) in [7, 11) is 0. The minimum atomic E-state index is 0.190. The largest absolute Gasteiger partial charge is 0.330 e. The van der Waals surface area contributed by atoms with Crippen LogP contribution >= 0.6 is 22.6 Å². The summed E-state index contributed by atoms with van der Waals surface area (Å²) in [6.45, 7) is 3.42. The number of nitrogens with two attached hydrogens (primary N) is 1. The lowest BCUT2D eigenvalue weighted by Crippen LogP contribution is -2.25. The molecule has 2 rings (SSSR count). The van der Waals surface area contributed by atoms with Crippen molar-refractivity contribution in [3.63, 3.8) is 0 Å². The zero-order valence-electron chi connectivity index (χ0n) is 9.24. The molecule has 0 spiro atoms. The third kappa shape index (κ3) is 2.22. The van der Waals surface area contributed by atoms with Crippen LogP contribution in [0.1, 0.15) is 12.0 Å². The normalized spacial score (nSPS) is 20.6. The van der Waals surface area contributed by atoms with E-state index in [4.69, 9.17) is 5.73 Å². The number of carbonyl (C=O) groups excluding carboxylic acids is 1. The zero-order valence-corrected chi connectivity index (χ0v) is 11.4.